The smallest absolute Gasteiger partial charge is 0.166 e. The summed E-state index contributed by atoms with van der Waals surface area (Å²) in [7, 11) is 0. The van der Waals surface area contributed by atoms with E-state index in [-0.39, 0.29) is 0 Å². The first-order valence-corrected chi connectivity index (χ1v) is 10.3. The molecule has 0 heterocycles. The van der Waals surface area contributed by atoms with Crippen molar-refractivity contribution in [2.45, 2.75) is 44.1 Å². The number of thiocarbonyl (C=S) groups is 1. The highest BCUT2D eigenvalue weighted by Gasteiger charge is 2.39. The zero-order chi connectivity index (χ0) is 17.8. The van der Waals surface area contributed by atoms with Gasteiger partial charge >= 0.3 is 0 Å². The highest BCUT2D eigenvalue weighted by Crippen LogP contribution is 2.44. The number of rotatable bonds is 6. The van der Waals surface area contributed by atoms with Gasteiger partial charge in [-0.2, -0.15) is 0 Å². The van der Waals surface area contributed by atoms with Crippen molar-refractivity contribution in [3.8, 4) is 0 Å². The van der Waals surface area contributed by atoms with Crippen LogP contribution < -0.4 is 10.6 Å². The molecule has 0 amide bonds. The monoisotopic (exact) mass is 364 g/mol. The van der Waals surface area contributed by atoms with Gasteiger partial charge in [0, 0.05) is 18.5 Å². The highest BCUT2D eigenvalue weighted by molar-refractivity contribution is 7.80. The fraction of sp³-hybridized carbons (Fsp3) is 0.435. The van der Waals surface area contributed by atoms with Crippen molar-refractivity contribution >= 4 is 17.3 Å². The molecule has 3 heteroatoms. The predicted octanol–water partition coefficient (Wildman–Crippen LogP) is 4.86. The van der Waals surface area contributed by atoms with Crippen molar-refractivity contribution in [3.63, 3.8) is 0 Å². The highest BCUT2D eigenvalue weighted by atomic mass is 32.1. The molecular weight excluding hydrogens is 336 g/mol. The second-order valence-corrected chi connectivity index (χ2v) is 8.25. The molecule has 0 unspecified atom stereocenters. The standard InChI is InChI=1S/C23H28N2S/c26-23(25-22-16-17-11-12-20(22)15-17)24-14-13-21(18-7-3-1-4-8-18)19-9-5-2-6-10-19/h1-10,17,20-22H,11-16H2,(H2,24,25,26)/t17-,20-,22-/m1/s1. The number of nitrogens with one attached hydrogen (secondary N) is 2. The normalized spacial score (nSPS) is 24.0. The molecule has 2 aliphatic carbocycles. The summed E-state index contributed by atoms with van der Waals surface area (Å²) in [5, 5.41) is 7.88. The summed E-state index contributed by atoms with van der Waals surface area (Å²) < 4.78 is 0. The van der Waals surface area contributed by atoms with Gasteiger partial charge in [0.25, 0.3) is 0 Å². The Morgan fingerprint density at radius 2 is 1.58 bits per heavy atom. The molecule has 0 aliphatic heterocycles. The van der Waals surface area contributed by atoms with Crippen molar-refractivity contribution in [2.75, 3.05) is 6.54 Å². The molecule has 136 valence electrons. The van der Waals surface area contributed by atoms with E-state index in [2.05, 4.69) is 71.3 Å². The number of benzene rings is 2. The van der Waals surface area contributed by atoms with Gasteiger partial charge in [-0.3, -0.25) is 0 Å². The maximum atomic E-state index is 5.57. The van der Waals surface area contributed by atoms with E-state index >= 15 is 0 Å². The molecule has 2 saturated carbocycles. The van der Waals surface area contributed by atoms with E-state index in [1.54, 1.807) is 0 Å². The molecule has 2 bridgehead atoms. The zero-order valence-electron chi connectivity index (χ0n) is 15.2. The maximum absolute atomic E-state index is 5.57. The molecule has 2 fully saturated rings. The lowest BCUT2D eigenvalue weighted by molar-refractivity contribution is 0.389. The van der Waals surface area contributed by atoms with E-state index in [1.165, 1.54) is 36.8 Å². The van der Waals surface area contributed by atoms with Crippen LogP contribution in [0.5, 0.6) is 0 Å². The molecule has 2 N–H and O–H groups in total. The van der Waals surface area contributed by atoms with Gasteiger partial charge in [0.15, 0.2) is 5.11 Å². The molecule has 0 radical (unpaired) electrons. The van der Waals surface area contributed by atoms with E-state index in [9.17, 15) is 0 Å². The van der Waals surface area contributed by atoms with Gasteiger partial charge in [-0.1, -0.05) is 67.1 Å². The number of hydrogen-bond acceptors (Lipinski definition) is 1. The summed E-state index contributed by atoms with van der Waals surface area (Å²) in [6.45, 7) is 0.890. The second kappa shape index (κ2) is 8.22. The molecule has 0 aromatic heterocycles. The Morgan fingerprint density at radius 1 is 0.923 bits per heavy atom. The minimum atomic E-state index is 0.398. The van der Waals surface area contributed by atoms with Crippen molar-refractivity contribution in [3.05, 3.63) is 71.8 Å². The fourth-order valence-electron chi connectivity index (χ4n) is 4.87. The molecule has 4 rings (SSSR count). The molecule has 3 atom stereocenters. The predicted molar refractivity (Wildman–Crippen MR) is 112 cm³/mol. The van der Waals surface area contributed by atoms with Crippen LogP contribution >= 0.6 is 12.2 Å². The Kier molecular flexibility index (Phi) is 5.54. The average molecular weight is 365 g/mol. The number of hydrogen-bond donors (Lipinski definition) is 2. The lowest BCUT2D eigenvalue weighted by Crippen LogP contribution is -2.44. The van der Waals surface area contributed by atoms with Gasteiger partial charge < -0.3 is 10.6 Å². The molecule has 2 nitrogen and oxygen atoms in total. The van der Waals surface area contributed by atoms with Crippen molar-refractivity contribution < 1.29 is 0 Å². The van der Waals surface area contributed by atoms with Gasteiger partial charge in [0.1, 0.15) is 0 Å². The van der Waals surface area contributed by atoms with E-state index in [4.69, 9.17) is 12.2 Å². The van der Waals surface area contributed by atoms with Crippen molar-refractivity contribution in [2.24, 2.45) is 11.8 Å². The van der Waals surface area contributed by atoms with Crippen LogP contribution in [0, 0.1) is 11.8 Å². The van der Waals surface area contributed by atoms with Crippen LogP contribution in [0.2, 0.25) is 0 Å². The molecular formula is C23H28N2S. The molecule has 0 saturated heterocycles. The summed E-state index contributed by atoms with van der Waals surface area (Å²) in [6, 6.07) is 22.2. The van der Waals surface area contributed by atoms with Gasteiger partial charge in [0.05, 0.1) is 0 Å². The van der Waals surface area contributed by atoms with Gasteiger partial charge in [-0.15, -0.1) is 0 Å². The summed E-state index contributed by atoms with van der Waals surface area (Å²) in [6.07, 6.45) is 6.56. The van der Waals surface area contributed by atoms with Crippen molar-refractivity contribution in [1.82, 2.24) is 10.6 Å². The minimum Gasteiger partial charge on any atom is -0.363 e. The Hall–Kier alpha value is -1.87. The van der Waals surface area contributed by atoms with E-state index in [0.29, 0.717) is 12.0 Å². The third-order valence-electron chi connectivity index (χ3n) is 6.18. The first kappa shape index (κ1) is 17.5. The molecule has 2 aliphatic rings. The Morgan fingerprint density at radius 3 is 2.12 bits per heavy atom. The summed E-state index contributed by atoms with van der Waals surface area (Å²) in [4.78, 5) is 0. The molecule has 2 aromatic carbocycles. The van der Waals surface area contributed by atoms with E-state index in [1.807, 2.05) is 0 Å². The largest absolute Gasteiger partial charge is 0.363 e. The summed E-state index contributed by atoms with van der Waals surface area (Å²) in [5.41, 5.74) is 2.74. The van der Waals surface area contributed by atoms with Crippen LogP contribution in [-0.2, 0) is 0 Å². The first-order chi connectivity index (χ1) is 12.8. The van der Waals surface area contributed by atoms with Crippen molar-refractivity contribution in [1.29, 1.82) is 0 Å². The summed E-state index contributed by atoms with van der Waals surface area (Å²) in [5.74, 6) is 2.19. The Labute approximate surface area is 162 Å². The lowest BCUT2D eigenvalue weighted by atomic mass is 9.88. The van der Waals surface area contributed by atoms with Crippen LogP contribution in [-0.4, -0.2) is 17.7 Å². The van der Waals surface area contributed by atoms with Gasteiger partial charge in [0.2, 0.25) is 0 Å². The third kappa shape index (κ3) is 4.09. The maximum Gasteiger partial charge on any atom is 0.166 e. The lowest BCUT2D eigenvalue weighted by Gasteiger charge is -2.25. The summed E-state index contributed by atoms with van der Waals surface area (Å²) >= 11 is 5.57. The first-order valence-electron chi connectivity index (χ1n) is 9.94. The average Bonchev–Trinajstić information content (AvgIpc) is 3.30. The Bertz CT molecular complexity index is 676. The van der Waals surface area contributed by atoms with Crippen LogP contribution in [0.15, 0.2) is 60.7 Å². The minimum absolute atomic E-state index is 0.398. The second-order valence-electron chi connectivity index (χ2n) is 7.84. The van der Waals surface area contributed by atoms with Gasteiger partial charge in [-0.05, 0) is 60.9 Å². The zero-order valence-corrected chi connectivity index (χ0v) is 16.1. The van der Waals surface area contributed by atoms with E-state index in [0.717, 1.165) is 29.9 Å². The SMILES string of the molecule is S=C(NCCC(c1ccccc1)c1ccccc1)N[C@@H]1C[C@@H]2CC[C@@H]1C2. The van der Waals surface area contributed by atoms with Crippen LogP contribution in [0.1, 0.15) is 49.1 Å². The number of fused-ring (bicyclic) bond motifs is 2. The molecule has 26 heavy (non-hydrogen) atoms. The van der Waals surface area contributed by atoms with Crippen LogP contribution in [0.4, 0.5) is 0 Å². The van der Waals surface area contributed by atoms with E-state index < -0.39 is 0 Å². The van der Waals surface area contributed by atoms with Gasteiger partial charge in [-0.25, -0.2) is 0 Å². The topological polar surface area (TPSA) is 24.1 Å². The quantitative estimate of drug-likeness (QED) is 0.716. The van der Waals surface area contributed by atoms with Crippen LogP contribution in [0.25, 0.3) is 0 Å². The fourth-order valence-corrected chi connectivity index (χ4v) is 5.12. The molecule has 2 aromatic rings. The van der Waals surface area contributed by atoms with Crippen LogP contribution in [0.3, 0.4) is 0 Å². The molecule has 0 spiro atoms. The Balaban J connectivity index is 1.32. The third-order valence-corrected chi connectivity index (χ3v) is 6.44.